The quantitative estimate of drug-likeness (QED) is 0.248. The summed E-state index contributed by atoms with van der Waals surface area (Å²) in [5.74, 6) is 0.477. The van der Waals surface area contributed by atoms with Gasteiger partial charge in [0.1, 0.15) is 11.1 Å². The van der Waals surface area contributed by atoms with Crippen LogP contribution in [-0.2, 0) is 5.75 Å². The average Bonchev–Trinajstić information content (AvgIpc) is 2.79. The molecule has 4 aromatic rings. The second-order valence-electron chi connectivity index (χ2n) is 6.85. The number of hydrogen-bond donors (Lipinski definition) is 0. The van der Waals surface area contributed by atoms with E-state index < -0.39 is 0 Å². The molecule has 158 valence electrons. The van der Waals surface area contributed by atoms with Crippen LogP contribution in [-0.4, -0.2) is 4.98 Å². The van der Waals surface area contributed by atoms with E-state index in [9.17, 15) is 5.26 Å². The Hall–Kier alpha value is -2.19. The third kappa shape index (κ3) is 5.07. The Bertz CT molecular complexity index is 1290. The summed E-state index contributed by atoms with van der Waals surface area (Å²) in [6, 6.07) is 24.5. The van der Waals surface area contributed by atoms with E-state index >= 15 is 0 Å². The number of thioether (sulfide) groups is 1. The zero-order valence-electron chi connectivity index (χ0n) is 16.4. The summed E-state index contributed by atoms with van der Waals surface area (Å²) >= 11 is 26.2. The Morgan fingerprint density at radius 2 is 1.34 bits per heavy atom. The van der Waals surface area contributed by atoms with Crippen LogP contribution < -0.4 is 0 Å². The van der Waals surface area contributed by atoms with Crippen LogP contribution in [0, 0.1) is 11.3 Å². The number of halogens is 4. The van der Waals surface area contributed by atoms with Crippen LogP contribution in [0.15, 0.2) is 77.8 Å². The molecule has 0 aliphatic rings. The van der Waals surface area contributed by atoms with Crippen LogP contribution in [0.3, 0.4) is 0 Å². The second-order valence-corrected chi connectivity index (χ2v) is 9.50. The number of pyridine rings is 1. The van der Waals surface area contributed by atoms with Gasteiger partial charge in [-0.15, -0.1) is 11.8 Å². The molecule has 0 aliphatic heterocycles. The zero-order valence-corrected chi connectivity index (χ0v) is 20.3. The van der Waals surface area contributed by atoms with E-state index in [2.05, 4.69) is 6.07 Å². The summed E-state index contributed by atoms with van der Waals surface area (Å²) in [5, 5.41) is 13.0. The fraction of sp³-hybridized carbons (Fsp3) is 0.0400. The summed E-state index contributed by atoms with van der Waals surface area (Å²) in [5.41, 5.74) is 4.57. The molecule has 0 bridgehead atoms. The molecular weight excluding hydrogens is 502 g/mol. The summed E-state index contributed by atoms with van der Waals surface area (Å²) in [6.07, 6.45) is 0. The molecular formula is C25H14Cl4N2S. The third-order valence-electron chi connectivity index (χ3n) is 4.81. The molecule has 0 spiro atoms. The second kappa shape index (κ2) is 10.2. The Balaban J connectivity index is 1.84. The van der Waals surface area contributed by atoms with Gasteiger partial charge in [-0.1, -0.05) is 76.7 Å². The molecule has 0 saturated carbocycles. The van der Waals surface area contributed by atoms with Gasteiger partial charge in [0, 0.05) is 37.0 Å². The lowest BCUT2D eigenvalue weighted by Crippen LogP contribution is -1.96. The highest BCUT2D eigenvalue weighted by Crippen LogP contribution is 2.37. The first-order chi connectivity index (χ1) is 15.5. The standard InChI is InChI=1S/C25H14Cl4N2S/c26-17-8-4-15(5-9-17)19-12-24(16-6-10-18(27)11-7-16)31-25(20(19)13-30)32-14-21-22(28)2-1-3-23(21)29/h1-12H,14H2. The molecule has 0 fully saturated rings. The number of nitrogens with zero attached hydrogens (tertiary/aromatic N) is 2. The normalized spacial score (nSPS) is 10.7. The molecule has 0 saturated heterocycles. The fourth-order valence-electron chi connectivity index (χ4n) is 3.17. The Labute approximate surface area is 210 Å². The fourth-order valence-corrected chi connectivity index (χ4v) is 5.17. The monoisotopic (exact) mass is 514 g/mol. The van der Waals surface area contributed by atoms with E-state index in [1.165, 1.54) is 11.8 Å². The first-order valence-electron chi connectivity index (χ1n) is 9.49. The Kier molecular flexibility index (Phi) is 7.30. The number of hydrogen-bond acceptors (Lipinski definition) is 3. The molecule has 7 heteroatoms. The van der Waals surface area contributed by atoms with Crippen molar-refractivity contribution in [1.29, 1.82) is 5.26 Å². The minimum atomic E-state index is 0.477. The van der Waals surface area contributed by atoms with Crippen molar-refractivity contribution in [3.63, 3.8) is 0 Å². The predicted octanol–water partition coefficient (Wildman–Crippen LogP) is 9.19. The van der Waals surface area contributed by atoms with Gasteiger partial charge in [0.15, 0.2) is 0 Å². The minimum absolute atomic E-state index is 0.477. The van der Waals surface area contributed by atoms with E-state index in [1.807, 2.05) is 42.5 Å². The molecule has 0 radical (unpaired) electrons. The van der Waals surface area contributed by atoms with Gasteiger partial charge in [-0.3, -0.25) is 0 Å². The molecule has 2 nitrogen and oxygen atoms in total. The van der Waals surface area contributed by atoms with Crippen molar-refractivity contribution in [2.75, 3.05) is 0 Å². The largest absolute Gasteiger partial charge is 0.240 e. The van der Waals surface area contributed by atoms with Gasteiger partial charge in [-0.25, -0.2) is 4.98 Å². The van der Waals surface area contributed by atoms with Crippen LogP contribution >= 0.6 is 58.2 Å². The third-order valence-corrected chi connectivity index (χ3v) is 7.02. The molecule has 0 unspecified atom stereocenters. The van der Waals surface area contributed by atoms with Crippen LogP contribution in [0.2, 0.25) is 20.1 Å². The summed E-state index contributed by atoms with van der Waals surface area (Å²) in [7, 11) is 0. The zero-order chi connectivity index (χ0) is 22.7. The predicted molar refractivity (Wildman–Crippen MR) is 136 cm³/mol. The molecule has 1 heterocycles. The average molecular weight is 516 g/mol. The lowest BCUT2D eigenvalue weighted by Gasteiger charge is -2.13. The van der Waals surface area contributed by atoms with Gasteiger partial charge in [0.05, 0.1) is 11.3 Å². The van der Waals surface area contributed by atoms with Crippen molar-refractivity contribution in [3.05, 3.63) is 104 Å². The van der Waals surface area contributed by atoms with Crippen molar-refractivity contribution < 1.29 is 0 Å². The highest BCUT2D eigenvalue weighted by Gasteiger charge is 2.17. The maximum absolute atomic E-state index is 10.0. The highest BCUT2D eigenvalue weighted by atomic mass is 35.5. The minimum Gasteiger partial charge on any atom is -0.240 e. The van der Waals surface area contributed by atoms with Crippen LogP contribution in [0.4, 0.5) is 0 Å². The molecule has 32 heavy (non-hydrogen) atoms. The van der Waals surface area contributed by atoms with Gasteiger partial charge in [-0.2, -0.15) is 5.26 Å². The van der Waals surface area contributed by atoms with Crippen LogP contribution in [0.25, 0.3) is 22.4 Å². The smallest absolute Gasteiger partial charge is 0.115 e. The Morgan fingerprint density at radius 3 is 1.91 bits per heavy atom. The maximum Gasteiger partial charge on any atom is 0.115 e. The van der Waals surface area contributed by atoms with Crippen LogP contribution in [0.5, 0.6) is 0 Å². The maximum atomic E-state index is 10.0. The number of aromatic nitrogens is 1. The molecule has 0 N–H and O–H groups in total. The van der Waals surface area contributed by atoms with E-state index in [1.54, 1.807) is 30.3 Å². The van der Waals surface area contributed by atoms with E-state index in [-0.39, 0.29) is 0 Å². The van der Waals surface area contributed by atoms with Gasteiger partial charge >= 0.3 is 0 Å². The molecule has 0 amide bonds. The van der Waals surface area contributed by atoms with E-state index in [0.717, 1.165) is 27.9 Å². The first-order valence-corrected chi connectivity index (χ1v) is 12.0. The lowest BCUT2D eigenvalue weighted by molar-refractivity contribution is 1.12. The molecule has 1 aromatic heterocycles. The van der Waals surface area contributed by atoms with Gasteiger partial charge < -0.3 is 0 Å². The number of nitriles is 1. The van der Waals surface area contributed by atoms with Crippen molar-refractivity contribution in [2.45, 2.75) is 10.8 Å². The molecule has 0 atom stereocenters. The van der Waals surface area contributed by atoms with Crippen molar-refractivity contribution in [1.82, 2.24) is 4.98 Å². The van der Waals surface area contributed by atoms with E-state index in [0.29, 0.717) is 36.4 Å². The highest BCUT2D eigenvalue weighted by molar-refractivity contribution is 7.98. The summed E-state index contributed by atoms with van der Waals surface area (Å²) in [4.78, 5) is 4.81. The lowest BCUT2D eigenvalue weighted by atomic mass is 9.99. The van der Waals surface area contributed by atoms with Gasteiger partial charge in [0.2, 0.25) is 0 Å². The van der Waals surface area contributed by atoms with E-state index in [4.69, 9.17) is 51.4 Å². The number of rotatable bonds is 5. The Morgan fingerprint density at radius 1 is 0.781 bits per heavy atom. The SMILES string of the molecule is N#Cc1c(-c2ccc(Cl)cc2)cc(-c2ccc(Cl)cc2)nc1SCc1c(Cl)cccc1Cl. The summed E-state index contributed by atoms with van der Waals surface area (Å²) in [6.45, 7) is 0. The van der Waals surface area contributed by atoms with Gasteiger partial charge in [-0.05, 0) is 53.6 Å². The van der Waals surface area contributed by atoms with Crippen LogP contribution in [0.1, 0.15) is 11.1 Å². The molecule has 4 rings (SSSR count). The molecule has 0 aliphatic carbocycles. The number of benzene rings is 3. The van der Waals surface area contributed by atoms with Crippen molar-refractivity contribution in [3.8, 4) is 28.5 Å². The van der Waals surface area contributed by atoms with Gasteiger partial charge in [0.25, 0.3) is 0 Å². The molecule has 3 aromatic carbocycles. The van der Waals surface area contributed by atoms with Crippen molar-refractivity contribution >= 4 is 58.2 Å². The van der Waals surface area contributed by atoms with Crippen molar-refractivity contribution in [2.24, 2.45) is 0 Å². The first kappa shape index (κ1) is 23.0. The summed E-state index contributed by atoms with van der Waals surface area (Å²) < 4.78 is 0. The topological polar surface area (TPSA) is 36.7 Å².